The van der Waals surface area contributed by atoms with Gasteiger partial charge in [-0.3, -0.25) is 18.8 Å². The average molecular weight is 475 g/mol. The number of carbonyl (C=O) groups excluding carboxylic acids is 2. The van der Waals surface area contributed by atoms with E-state index in [2.05, 4.69) is 5.32 Å². The molecule has 0 radical (unpaired) electrons. The van der Waals surface area contributed by atoms with Crippen molar-refractivity contribution in [3.63, 3.8) is 0 Å². The number of rotatable bonds is 2. The normalized spacial score (nSPS) is 19.2. The molecule has 0 aliphatic carbocycles. The molecule has 1 atom stereocenters. The Morgan fingerprint density at radius 1 is 1.00 bits per heavy atom. The smallest absolute Gasteiger partial charge is 0.324 e. The fraction of sp³-hybridized carbons (Fsp3) is 0.182. The lowest BCUT2D eigenvalue weighted by Gasteiger charge is -2.33. The number of carbonyl (C=O) groups is 2. The highest BCUT2D eigenvalue weighted by atomic mass is 32.2. The van der Waals surface area contributed by atoms with Crippen molar-refractivity contribution in [3.8, 4) is 0 Å². The minimum atomic E-state index is -4.92. The number of benzene rings is 3. The fourth-order valence-electron chi connectivity index (χ4n) is 4.32. The number of amides is 2. The monoisotopic (exact) mass is 475 g/mol. The van der Waals surface area contributed by atoms with Crippen molar-refractivity contribution in [3.05, 3.63) is 60.7 Å². The second kappa shape index (κ2) is 7.20. The van der Waals surface area contributed by atoms with Crippen molar-refractivity contribution in [2.24, 2.45) is 0 Å². The number of nitrogens with zero attached hydrogens (tertiary/aromatic N) is 2. The molecule has 2 amide bonds. The predicted molar refractivity (Wildman–Crippen MR) is 115 cm³/mol. The van der Waals surface area contributed by atoms with Gasteiger partial charge in [0.25, 0.3) is 10.0 Å². The highest BCUT2D eigenvalue weighted by Crippen LogP contribution is 2.43. The summed E-state index contributed by atoms with van der Waals surface area (Å²) < 4.78 is 69.1. The molecule has 5 rings (SSSR count). The molecule has 2 aliphatic rings. The van der Waals surface area contributed by atoms with Crippen LogP contribution in [0, 0.1) is 0 Å². The number of hydrogen-bond donors (Lipinski definition) is 1. The number of halogens is 3. The van der Waals surface area contributed by atoms with Gasteiger partial charge >= 0.3 is 6.18 Å². The van der Waals surface area contributed by atoms with Crippen molar-refractivity contribution in [1.29, 1.82) is 0 Å². The Bertz CT molecular complexity index is 1420. The third-order valence-electron chi connectivity index (χ3n) is 5.73. The fourth-order valence-corrected chi connectivity index (χ4v) is 5.98. The zero-order chi connectivity index (χ0) is 23.5. The first-order valence-corrected chi connectivity index (χ1v) is 11.3. The standard InChI is InChI=1S/C22H16F3N3O4S/c23-22(24,25)18-11-19(29)26-14-7-1-2-8-15(14)28(18)20(30)12-27-16-9-3-5-13-6-4-10-17(21(13)16)33(27,31)32/h1-10,18H,11-12H2,(H,26,29)/t18-/m0/s1. The molecule has 1 N–H and O–H groups in total. The Hall–Kier alpha value is -3.60. The van der Waals surface area contributed by atoms with Gasteiger partial charge in [0, 0.05) is 5.39 Å². The predicted octanol–water partition coefficient (Wildman–Crippen LogP) is 3.65. The molecule has 2 aliphatic heterocycles. The maximum Gasteiger partial charge on any atom is 0.409 e. The van der Waals surface area contributed by atoms with Gasteiger partial charge < -0.3 is 5.32 Å². The highest BCUT2D eigenvalue weighted by Gasteiger charge is 2.50. The lowest BCUT2D eigenvalue weighted by atomic mass is 10.1. The Morgan fingerprint density at radius 3 is 2.39 bits per heavy atom. The summed E-state index contributed by atoms with van der Waals surface area (Å²) in [5.41, 5.74) is 0.109. The van der Waals surface area contributed by atoms with E-state index in [9.17, 15) is 31.2 Å². The number of hydrogen-bond acceptors (Lipinski definition) is 4. The molecule has 0 saturated carbocycles. The van der Waals surface area contributed by atoms with E-state index < -0.39 is 47.0 Å². The van der Waals surface area contributed by atoms with Crippen LogP contribution in [0.3, 0.4) is 0 Å². The zero-order valence-corrected chi connectivity index (χ0v) is 17.7. The Kier molecular flexibility index (Phi) is 4.64. The molecule has 0 bridgehead atoms. The summed E-state index contributed by atoms with van der Waals surface area (Å²) in [5, 5.41) is 3.43. The molecule has 11 heteroatoms. The average Bonchev–Trinajstić information content (AvgIpc) is 2.88. The second-order valence-electron chi connectivity index (χ2n) is 7.73. The van der Waals surface area contributed by atoms with Gasteiger partial charge in [0.15, 0.2) is 0 Å². The summed E-state index contributed by atoms with van der Waals surface area (Å²) in [7, 11) is -4.16. The van der Waals surface area contributed by atoms with Crippen LogP contribution < -0.4 is 14.5 Å². The van der Waals surface area contributed by atoms with Crippen LogP contribution in [0.2, 0.25) is 0 Å². The summed E-state index contributed by atoms with van der Waals surface area (Å²) in [6, 6.07) is 12.7. The number of alkyl halides is 3. The molecule has 3 aromatic carbocycles. The van der Waals surface area contributed by atoms with E-state index in [0.29, 0.717) is 15.7 Å². The molecule has 3 aromatic rings. The molecule has 0 unspecified atom stereocenters. The summed E-state index contributed by atoms with van der Waals surface area (Å²) >= 11 is 0. The van der Waals surface area contributed by atoms with Crippen molar-refractivity contribution >= 4 is 49.7 Å². The van der Waals surface area contributed by atoms with Crippen LogP contribution in [0.15, 0.2) is 65.6 Å². The van der Waals surface area contributed by atoms with Crippen molar-refractivity contribution in [2.75, 3.05) is 21.1 Å². The lowest BCUT2D eigenvalue weighted by molar-refractivity contribution is -0.157. The van der Waals surface area contributed by atoms with Gasteiger partial charge in [-0.2, -0.15) is 13.2 Å². The molecule has 170 valence electrons. The minimum absolute atomic E-state index is 0.0103. The Morgan fingerprint density at radius 2 is 1.67 bits per heavy atom. The molecule has 0 fully saturated rings. The van der Waals surface area contributed by atoms with Crippen LogP contribution >= 0.6 is 0 Å². The summed E-state index contributed by atoms with van der Waals surface area (Å²) in [6.07, 6.45) is -5.93. The van der Waals surface area contributed by atoms with E-state index in [1.165, 1.54) is 36.4 Å². The van der Waals surface area contributed by atoms with Crippen molar-refractivity contribution in [1.82, 2.24) is 0 Å². The summed E-state index contributed by atoms with van der Waals surface area (Å²) in [5.74, 6) is -2.00. The number of fused-ring (bicyclic) bond motifs is 1. The quantitative estimate of drug-likeness (QED) is 0.613. The van der Waals surface area contributed by atoms with Crippen molar-refractivity contribution in [2.45, 2.75) is 23.5 Å². The number of nitrogens with one attached hydrogen (secondary N) is 1. The molecule has 7 nitrogen and oxygen atoms in total. The van der Waals surface area contributed by atoms with E-state index in [1.807, 2.05) is 0 Å². The maximum atomic E-state index is 14.0. The van der Waals surface area contributed by atoms with Crippen molar-refractivity contribution < 1.29 is 31.2 Å². The minimum Gasteiger partial charge on any atom is -0.324 e. The molecule has 33 heavy (non-hydrogen) atoms. The SMILES string of the molecule is O=C1C[C@@H](C(F)(F)F)N(C(=O)CN2c3cccc4cccc(c34)S2(=O)=O)c2ccccc2N1. The highest BCUT2D eigenvalue weighted by molar-refractivity contribution is 7.93. The zero-order valence-electron chi connectivity index (χ0n) is 16.8. The van der Waals surface area contributed by atoms with Gasteiger partial charge in [-0.1, -0.05) is 36.4 Å². The van der Waals surface area contributed by atoms with Crippen LogP contribution in [0.5, 0.6) is 0 Å². The molecular weight excluding hydrogens is 459 g/mol. The van der Waals surface area contributed by atoms with Crippen LogP contribution in [0.4, 0.5) is 30.2 Å². The van der Waals surface area contributed by atoms with Crippen LogP contribution in [-0.4, -0.2) is 39.0 Å². The van der Waals surface area contributed by atoms with Gasteiger partial charge in [-0.15, -0.1) is 0 Å². The maximum absolute atomic E-state index is 14.0. The van der Waals surface area contributed by atoms with Gasteiger partial charge in [-0.25, -0.2) is 8.42 Å². The first kappa shape index (κ1) is 21.3. The van der Waals surface area contributed by atoms with E-state index in [4.69, 9.17) is 0 Å². The first-order valence-electron chi connectivity index (χ1n) is 9.91. The van der Waals surface area contributed by atoms with Crippen LogP contribution in [-0.2, 0) is 19.6 Å². The van der Waals surface area contributed by atoms with Gasteiger partial charge in [0.05, 0.1) is 28.4 Å². The van der Waals surface area contributed by atoms with Gasteiger partial charge in [-0.05, 0) is 29.7 Å². The molecule has 2 heterocycles. The molecule has 0 aromatic heterocycles. The van der Waals surface area contributed by atoms with Crippen LogP contribution in [0.1, 0.15) is 6.42 Å². The topological polar surface area (TPSA) is 86.8 Å². The number of anilines is 3. The largest absolute Gasteiger partial charge is 0.409 e. The van der Waals surface area contributed by atoms with E-state index >= 15 is 0 Å². The van der Waals surface area contributed by atoms with Gasteiger partial charge in [0.1, 0.15) is 12.6 Å². The lowest BCUT2D eigenvalue weighted by Crippen LogP contribution is -2.52. The van der Waals surface area contributed by atoms with E-state index in [1.54, 1.807) is 24.3 Å². The molecular formula is C22H16F3N3O4S. The Balaban J connectivity index is 1.60. The van der Waals surface area contributed by atoms with E-state index in [-0.39, 0.29) is 22.0 Å². The molecule has 0 spiro atoms. The number of sulfonamides is 1. The number of para-hydroxylation sites is 2. The van der Waals surface area contributed by atoms with E-state index in [0.717, 1.165) is 4.31 Å². The summed E-state index contributed by atoms with van der Waals surface area (Å²) in [6.45, 7) is -0.856. The molecule has 0 saturated heterocycles. The third-order valence-corrected chi connectivity index (χ3v) is 7.54. The third kappa shape index (κ3) is 3.30. The summed E-state index contributed by atoms with van der Waals surface area (Å²) in [4.78, 5) is 26.0. The first-order chi connectivity index (χ1) is 15.6. The Labute approximate surface area is 186 Å². The van der Waals surface area contributed by atoms with Crippen LogP contribution in [0.25, 0.3) is 10.8 Å². The van der Waals surface area contributed by atoms with Gasteiger partial charge in [0.2, 0.25) is 11.8 Å². The second-order valence-corrected chi connectivity index (χ2v) is 9.56.